The molecule has 0 radical (unpaired) electrons. The average molecular weight is 348 g/mol. The number of benzene rings is 1. The van der Waals surface area contributed by atoms with Crippen molar-refractivity contribution in [3.05, 3.63) is 52.8 Å². The van der Waals surface area contributed by atoms with Gasteiger partial charge in [0.15, 0.2) is 0 Å². The zero-order chi connectivity index (χ0) is 14.7. The Morgan fingerprint density at radius 1 is 1.19 bits per heavy atom. The van der Waals surface area contributed by atoms with Gasteiger partial charge >= 0.3 is 0 Å². The second-order valence-corrected chi connectivity index (χ2v) is 6.45. The van der Waals surface area contributed by atoms with Crippen molar-refractivity contribution in [2.45, 2.75) is 18.3 Å². The number of hydrogen-bond donors (Lipinski definition) is 1. The van der Waals surface area contributed by atoms with Crippen molar-refractivity contribution in [1.82, 2.24) is 9.97 Å². The molecule has 1 N–H and O–H groups in total. The summed E-state index contributed by atoms with van der Waals surface area (Å²) in [5.74, 6) is 0.728. The van der Waals surface area contributed by atoms with Gasteiger partial charge in [0, 0.05) is 30.9 Å². The minimum Gasteiger partial charge on any atom is -0.395 e. The van der Waals surface area contributed by atoms with Gasteiger partial charge in [-0.2, -0.15) is 0 Å². The summed E-state index contributed by atoms with van der Waals surface area (Å²) in [6.07, 6.45) is 5.54. The summed E-state index contributed by atoms with van der Waals surface area (Å²) in [4.78, 5) is 10.9. The quantitative estimate of drug-likeness (QED) is 0.927. The second kappa shape index (κ2) is 6.12. The lowest BCUT2D eigenvalue weighted by Gasteiger charge is -2.42. The van der Waals surface area contributed by atoms with E-state index in [-0.39, 0.29) is 12.0 Å². The first-order chi connectivity index (χ1) is 10.2. The Morgan fingerprint density at radius 3 is 2.57 bits per heavy atom. The highest BCUT2D eigenvalue weighted by Crippen LogP contribution is 2.34. The van der Waals surface area contributed by atoms with Gasteiger partial charge in [0.05, 0.1) is 11.1 Å². The Hall–Kier alpha value is -1.46. The van der Waals surface area contributed by atoms with E-state index in [2.05, 4.69) is 42.9 Å². The smallest absolute Gasteiger partial charge is 0.225 e. The van der Waals surface area contributed by atoms with Crippen molar-refractivity contribution in [2.75, 3.05) is 24.6 Å². The molecule has 3 rings (SSSR count). The number of hydrogen-bond acceptors (Lipinski definition) is 4. The molecular weight excluding hydrogens is 330 g/mol. The van der Waals surface area contributed by atoms with E-state index in [1.807, 2.05) is 18.2 Å². The van der Waals surface area contributed by atoms with Crippen molar-refractivity contribution in [3.63, 3.8) is 0 Å². The summed E-state index contributed by atoms with van der Waals surface area (Å²) >= 11 is 3.36. The molecule has 4 nitrogen and oxygen atoms in total. The van der Waals surface area contributed by atoms with Gasteiger partial charge < -0.3 is 10.0 Å². The predicted octanol–water partition coefficient (Wildman–Crippen LogP) is 2.77. The van der Waals surface area contributed by atoms with Crippen molar-refractivity contribution in [2.24, 2.45) is 0 Å². The number of anilines is 1. The van der Waals surface area contributed by atoms with Crippen LogP contribution >= 0.6 is 15.9 Å². The number of aliphatic hydroxyl groups excluding tert-OH is 1. The van der Waals surface area contributed by atoms with E-state index >= 15 is 0 Å². The summed E-state index contributed by atoms with van der Waals surface area (Å²) < 4.78 is 0.875. The fourth-order valence-electron chi connectivity index (χ4n) is 3.02. The van der Waals surface area contributed by atoms with Gasteiger partial charge in [-0.1, -0.05) is 30.3 Å². The molecule has 1 fully saturated rings. The lowest BCUT2D eigenvalue weighted by Crippen LogP contribution is -2.49. The normalized spacial score (nSPS) is 22.3. The monoisotopic (exact) mass is 347 g/mol. The van der Waals surface area contributed by atoms with E-state index in [0.717, 1.165) is 36.4 Å². The first-order valence-electron chi connectivity index (χ1n) is 7.12. The fraction of sp³-hybridized carbons (Fsp3) is 0.375. The van der Waals surface area contributed by atoms with Crippen molar-refractivity contribution < 1.29 is 5.11 Å². The van der Waals surface area contributed by atoms with Crippen LogP contribution in [0, 0.1) is 0 Å². The highest BCUT2D eigenvalue weighted by molar-refractivity contribution is 9.10. The van der Waals surface area contributed by atoms with Crippen LogP contribution in [0.4, 0.5) is 5.95 Å². The van der Waals surface area contributed by atoms with Gasteiger partial charge in [0.25, 0.3) is 0 Å². The summed E-state index contributed by atoms with van der Waals surface area (Å²) in [5, 5.41) is 10.0. The molecule has 1 atom stereocenters. The van der Waals surface area contributed by atoms with E-state index in [1.54, 1.807) is 12.4 Å². The average Bonchev–Trinajstić information content (AvgIpc) is 2.56. The van der Waals surface area contributed by atoms with Crippen LogP contribution in [0.25, 0.3) is 0 Å². The number of aliphatic hydroxyl groups is 1. The maximum atomic E-state index is 10.0. The molecule has 1 aliphatic rings. The molecule has 1 unspecified atom stereocenters. The molecule has 2 aromatic rings. The Kier molecular flexibility index (Phi) is 4.22. The van der Waals surface area contributed by atoms with Crippen LogP contribution < -0.4 is 4.90 Å². The van der Waals surface area contributed by atoms with Crippen LogP contribution in [0.3, 0.4) is 0 Å². The third-order valence-electron chi connectivity index (χ3n) is 4.16. The molecule has 21 heavy (non-hydrogen) atoms. The van der Waals surface area contributed by atoms with E-state index in [0.29, 0.717) is 0 Å². The summed E-state index contributed by atoms with van der Waals surface area (Å²) in [6, 6.07) is 10.3. The maximum absolute atomic E-state index is 10.0. The molecule has 2 heterocycles. The van der Waals surface area contributed by atoms with E-state index in [9.17, 15) is 5.11 Å². The summed E-state index contributed by atoms with van der Waals surface area (Å²) in [7, 11) is 0. The number of aromatic nitrogens is 2. The van der Waals surface area contributed by atoms with Crippen LogP contribution in [0.15, 0.2) is 47.2 Å². The zero-order valence-electron chi connectivity index (χ0n) is 11.7. The maximum Gasteiger partial charge on any atom is 0.225 e. The molecule has 0 amide bonds. The van der Waals surface area contributed by atoms with Gasteiger partial charge in [0.2, 0.25) is 5.95 Å². The molecule has 0 saturated carbocycles. The minimum atomic E-state index is -0.226. The third-order valence-corrected chi connectivity index (χ3v) is 4.56. The molecule has 110 valence electrons. The Balaban J connectivity index is 1.88. The topological polar surface area (TPSA) is 49.2 Å². The largest absolute Gasteiger partial charge is 0.395 e. The number of nitrogens with zero attached hydrogens (tertiary/aromatic N) is 3. The number of halogens is 1. The van der Waals surface area contributed by atoms with Gasteiger partial charge in [-0.3, -0.25) is 0 Å². The molecule has 0 spiro atoms. The van der Waals surface area contributed by atoms with Crippen molar-refractivity contribution >= 4 is 21.9 Å². The Bertz CT molecular complexity index is 590. The van der Waals surface area contributed by atoms with Crippen LogP contribution in [-0.2, 0) is 5.41 Å². The Labute approximate surface area is 133 Å². The van der Waals surface area contributed by atoms with Gasteiger partial charge in [0.1, 0.15) is 0 Å². The molecule has 1 aliphatic heterocycles. The molecule has 0 bridgehead atoms. The molecule has 1 saturated heterocycles. The summed E-state index contributed by atoms with van der Waals surface area (Å²) in [5.41, 5.74) is 0.963. The zero-order valence-corrected chi connectivity index (χ0v) is 13.3. The van der Waals surface area contributed by atoms with Crippen LogP contribution in [0.2, 0.25) is 0 Å². The van der Waals surface area contributed by atoms with Gasteiger partial charge in [-0.15, -0.1) is 0 Å². The Morgan fingerprint density at radius 2 is 1.90 bits per heavy atom. The first-order valence-corrected chi connectivity index (χ1v) is 7.92. The van der Waals surface area contributed by atoms with Gasteiger partial charge in [-0.25, -0.2) is 9.97 Å². The predicted molar refractivity (Wildman–Crippen MR) is 86.4 cm³/mol. The van der Waals surface area contributed by atoms with Crippen molar-refractivity contribution in [3.8, 4) is 0 Å². The minimum absolute atomic E-state index is 0.143. The molecular formula is C16H18BrN3O. The molecule has 1 aromatic carbocycles. The molecule has 0 aliphatic carbocycles. The van der Waals surface area contributed by atoms with Gasteiger partial charge in [-0.05, 0) is 34.3 Å². The van der Waals surface area contributed by atoms with Crippen molar-refractivity contribution in [1.29, 1.82) is 0 Å². The summed E-state index contributed by atoms with van der Waals surface area (Å²) in [6.45, 7) is 1.81. The standard InChI is InChI=1S/C16H18BrN3O/c17-14-9-18-15(19-10-14)20-8-4-7-16(11-20,12-21)13-5-2-1-3-6-13/h1-3,5-6,9-10,21H,4,7-8,11-12H2. The van der Waals surface area contributed by atoms with Crippen LogP contribution in [-0.4, -0.2) is 34.8 Å². The van der Waals surface area contributed by atoms with E-state index < -0.39 is 0 Å². The van der Waals surface area contributed by atoms with E-state index in [1.165, 1.54) is 5.56 Å². The lowest BCUT2D eigenvalue weighted by atomic mass is 9.75. The molecule has 1 aromatic heterocycles. The lowest BCUT2D eigenvalue weighted by molar-refractivity contribution is 0.172. The van der Waals surface area contributed by atoms with Crippen LogP contribution in [0.1, 0.15) is 18.4 Å². The fourth-order valence-corrected chi connectivity index (χ4v) is 3.22. The van der Waals surface area contributed by atoms with Crippen LogP contribution in [0.5, 0.6) is 0 Å². The number of rotatable bonds is 3. The highest BCUT2D eigenvalue weighted by atomic mass is 79.9. The highest BCUT2D eigenvalue weighted by Gasteiger charge is 2.37. The second-order valence-electron chi connectivity index (χ2n) is 5.53. The molecule has 5 heteroatoms. The third kappa shape index (κ3) is 2.94. The first kappa shape index (κ1) is 14.5. The number of piperidine rings is 1. The van der Waals surface area contributed by atoms with E-state index in [4.69, 9.17) is 0 Å². The SMILES string of the molecule is OCC1(c2ccccc2)CCCN(c2ncc(Br)cn2)C1.